The molecule has 4 rings (SSSR count). The number of aromatic nitrogens is 2. The second-order valence-electron chi connectivity index (χ2n) is 7.61. The van der Waals surface area contributed by atoms with Gasteiger partial charge in [-0.15, -0.1) is 0 Å². The zero-order valence-corrected chi connectivity index (χ0v) is 19.0. The van der Waals surface area contributed by atoms with Crippen molar-refractivity contribution in [3.05, 3.63) is 102 Å². The first kappa shape index (κ1) is 24.0. The van der Waals surface area contributed by atoms with Gasteiger partial charge < -0.3 is 19.8 Å². The highest BCUT2D eigenvalue weighted by molar-refractivity contribution is 5.96. The van der Waals surface area contributed by atoms with E-state index in [1.165, 1.54) is 23.2 Å². The summed E-state index contributed by atoms with van der Waals surface area (Å²) >= 11 is 0. The summed E-state index contributed by atoms with van der Waals surface area (Å²) in [6, 6.07) is 21.9. The van der Waals surface area contributed by atoms with Gasteiger partial charge in [0.15, 0.2) is 18.2 Å². The van der Waals surface area contributed by atoms with Crippen LogP contribution >= 0.6 is 0 Å². The Labute approximate surface area is 206 Å². The SMILES string of the molecule is N#Cc1cnn(-c2ccccc2)c1NC(=O)COC(=O)[C@H](Cc1ccccc1)NC(=O)c1ccco1. The van der Waals surface area contributed by atoms with Gasteiger partial charge in [-0.05, 0) is 29.8 Å². The lowest BCUT2D eigenvalue weighted by atomic mass is 10.1. The molecule has 2 heterocycles. The number of esters is 1. The van der Waals surface area contributed by atoms with E-state index in [2.05, 4.69) is 15.7 Å². The van der Waals surface area contributed by atoms with E-state index in [4.69, 9.17) is 9.15 Å². The van der Waals surface area contributed by atoms with E-state index in [0.29, 0.717) is 5.69 Å². The summed E-state index contributed by atoms with van der Waals surface area (Å²) in [5.74, 6) is -1.87. The molecule has 0 aliphatic heterocycles. The highest BCUT2D eigenvalue weighted by Gasteiger charge is 2.25. The molecular formula is C26H21N5O5. The second kappa shape index (κ2) is 11.3. The van der Waals surface area contributed by atoms with Crippen LogP contribution in [-0.4, -0.2) is 40.2 Å². The van der Waals surface area contributed by atoms with Crippen molar-refractivity contribution in [3.8, 4) is 11.8 Å². The van der Waals surface area contributed by atoms with Gasteiger partial charge in [0.1, 0.15) is 17.7 Å². The highest BCUT2D eigenvalue weighted by atomic mass is 16.5. The molecule has 2 N–H and O–H groups in total. The third-order valence-electron chi connectivity index (χ3n) is 5.11. The van der Waals surface area contributed by atoms with Crippen molar-refractivity contribution in [1.82, 2.24) is 15.1 Å². The molecule has 0 spiro atoms. The number of anilines is 1. The number of hydrogen-bond acceptors (Lipinski definition) is 7. The van der Waals surface area contributed by atoms with Gasteiger partial charge in [-0.1, -0.05) is 48.5 Å². The number of rotatable bonds is 9. The van der Waals surface area contributed by atoms with Crippen molar-refractivity contribution >= 4 is 23.6 Å². The van der Waals surface area contributed by atoms with Gasteiger partial charge in [0.2, 0.25) is 0 Å². The van der Waals surface area contributed by atoms with Crippen molar-refractivity contribution in [2.45, 2.75) is 12.5 Å². The largest absolute Gasteiger partial charge is 0.459 e. The van der Waals surface area contributed by atoms with Crippen LogP contribution in [0.15, 0.2) is 89.7 Å². The van der Waals surface area contributed by atoms with Crippen LogP contribution in [0.3, 0.4) is 0 Å². The Hall–Kier alpha value is -5.17. The van der Waals surface area contributed by atoms with Gasteiger partial charge in [-0.3, -0.25) is 9.59 Å². The maximum atomic E-state index is 12.9. The number of hydrogen-bond donors (Lipinski definition) is 2. The Kier molecular flexibility index (Phi) is 7.53. The predicted molar refractivity (Wildman–Crippen MR) is 128 cm³/mol. The first-order valence-electron chi connectivity index (χ1n) is 10.9. The number of carbonyl (C=O) groups excluding carboxylic acids is 3. The normalized spacial score (nSPS) is 11.2. The molecule has 0 aliphatic carbocycles. The Morgan fingerprint density at radius 3 is 2.42 bits per heavy atom. The minimum Gasteiger partial charge on any atom is -0.459 e. The van der Waals surface area contributed by atoms with Crippen LogP contribution in [0.25, 0.3) is 5.69 Å². The molecule has 0 radical (unpaired) electrons. The van der Waals surface area contributed by atoms with Gasteiger partial charge >= 0.3 is 5.97 Å². The number of nitrogens with zero attached hydrogens (tertiary/aromatic N) is 3. The number of para-hydroxylation sites is 1. The van der Waals surface area contributed by atoms with E-state index in [9.17, 15) is 19.6 Å². The van der Waals surface area contributed by atoms with Crippen molar-refractivity contribution in [2.24, 2.45) is 0 Å². The first-order chi connectivity index (χ1) is 17.5. The first-order valence-corrected chi connectivity index (χ1v) is 10.9. The van der Waals surface area contributed by atoms with Gasteiger partial charge in [0.05, 0.1) is 18.1 Å². The number of benzene rings is 2. The van der Waals surface area contributed by atoms with Crippen molar-refractivity contribution in [2.75, 3.05) is 11.9 Å². The molecule has 0 fully saturated rings. The average Bonchev–Trinajstić information content (AvgIpc) is 3.58. The molecule has 0 bridgehead atoms. The molecule has 10 heteroatoms. The maximum Gasteiger partial charge on any atom is 0.329 e. The molecule has 0 saturated heterocycles. The predicted octanol–water partition coefficient (Wildman–Crippen LogP) is 2.86. The molecule has 2 aromatic heterocycles. The Bertz CT molecular complexity index is 1380. The van der Waals surface area contributed by atoms with Crippen LogP contribution in [-0.2, 0) is 20.7 Å². The summed E-state index contributed by atoms with van der Waals surface area (Å²) in [5, 5.41) is 18.7. The highest BCUT2D eigenvalue weighted by Crippen LogP contribution is 2.19. The molecule has 4 aromatic rings. The molecule has 2 amide bonds. The number of ether oxygens (including phenoxy) is 1. The minimum atomic E-state index is -1.07. The van der Waals surface area contributed by atoms with Crippen LogP contribution < -0.4 is 10.6 Å². The van der Waals surface area contributed by atoms with E-state index < -0.39 is 30.4 Å². The van der Waals surface area contributed by atoms with Crippen LogP contribution in [0.5, 0.6) is 0 Å². The van der Waals surface area contributed by atoms with Gasteiger partial charge in [-0.2, -0.15) is 10.4 Å². The summed E-state index contributed by atoms with van der Waals surface area (Å²) in [7, 11) is 0. The van der Waals surface area contributed by atoms with Crippen molar-refractivity contribution in [3.63, 3.8) is 0 Å². The monoisotopic (exact) mass is 483 g/mol. The molecule has 10 nitrogen and oxygen atoms in total. The second-order valence-corrected chi connectivity index (χ2v) is 7.61. The third-order valence-corrected chi connectivity index (χ3v) is 5.11. The molecule has 0 aliphatic rings. The Morgan fingerprint density at radius 1 is 1.03 bits per heavy atom. The number of nitriles is 1. The lowest BCUT2D eigenvalue weighted by molar-refractivity contribution is -0.149. The lowest BCUT2D eigenvalue weighted by Crippen LogP contribution is -2.44. The third kappa shape index (κ3) is 5.84. The standard InChI is InChI=1S/C26H21N5O5/c27-15-19-16-28-31(20-10-5-2-6-11-20)24(19)30-23(32)17-36-26(34)21(14-18-8-3-1-4-9-18)29-25(33)22-12-7-13-35-22/h1-13,16,21H,14,17H2,(H,29,33)(H,30,32)/t21-/m0/s1. The topological polar surface area (TPSA) is 139 Å². The van der Waals surface area contributed by atoms with Crippen LogP contribution in [0.4, 0.5) is 5.82 Å². The van der Waals surface area contributed by atoms with Crippen LogP contribution in [0.2, 0.25) is 0 Å². The fourth-order valence-electron chi connectivity index (χ4n) is 3.40. The average molecular weight is 483 g/mol. The summed E-state index contributed by atoms with van der Waals surface area (Å²) < 4.78 is 11.7. The zero-order chi connectivity index (χ0) is 25.3. The van der Waals surface area contributed by atoms with E-state index >= 15 is 0 Å². The van der Waals surface area contributed by atoms with Gasteiger partial charge in [0, 0.05) is 6.42 Å². The number of furan rings is 1. The molecule has 0 unspecified atom stereocenters. The molecule has 2 aromatic carbocycles. The van der Waals surface area contributed by atoms with Crippen LogP contribution in [0, 0.1) is 11.3 Å². The number of carbonyl (C=O) groups is 3. The molecular weight excluding hydrogens is 462 g/mol. The summed E-state index contributed by atoms with van der Waals surface area (Å²) in [6.07, 6.45) is 2.82. The Balaban J connectivity index is 1.43. The maximum absolute atomic E-state index is 12.9. The summed E-state index contributed by atoms with van der Waals surface area (Å²) in [4.78, 5) is 37.9. The molecule has 0 saturated carbocycles. The van der Waals surface area contributed by atoms with E-state index in [1.807, 2.05) is 30.3 Å². The van der Waals surface area contributed by atoms with Crippen molar-refractivity contribution in [1.29, 1.82) is 5.26 Å². The number of amides is 2. The molecule has 180 valence electrons. The smallest absolute Gasteiger partial charge is 0.329 e. The van der Waals surface area contributed by atoms with E-state index in [1.54, 1.807) is 42.5 Å². The van der Waals surface area contributed by atoms with Gasteiger partial charge in [0.25, 0.3) is 11.8 Å². The fourth-order valence-corrected chi connectivity index (χ4v) is 3.40. The van der Waals surface area contributed by atoms with E-state index in [-0.39, 0.29) is 23.6 Å². The zero-order valence-electron chi connectivity index (χ0n) is 19.0. The van der Waals surface area contributed by atoms with Crippen LogP contribution in [0.1, 0.15) is 21.7 Å². The quantitative estimate of drug-likeness (QED) is 0.349. The lowest BCUT2D eigenvalue weighted by Gasteiger charge is -2.17. The minimum absolute atomic E-state index is 0.0387. The fraction of sp³-hybridized carbons (Fsp3) is 0.115. The summed E-state index contributed by atoms with van der Waals surface area (Å²) in [5.41, 5.74) is 1.56. The molecule has 36 heavy (non-hydrogen) atoms. The number of nitrogens with one attached hydrogen (secondary N) is 2. The van der Waals surface area contributed by atoms with Crippen molar-refractivity contribution < 1.29 is 23.5 Å². The van der Waals surface area contributed by atoms with E-state index in [0.717, 1.165) is 5.56 Å². The summed E-state index contributed by atoms with van der Waals surface area (Å²) in [6.45, 7) is -0.633. The van der Waals surface area contributed by atoms with Gasteiger partial charge in [-0.25, -0.2) is 9.48 Å². The Morgan fingerprint density at radius 2 is 1.75 bits per heavy atom. The molecule has 1 atom stereocenters.